The van der Waals surface area contributed by atoms with Gasteiger partial charge in [0.15, 0.2) is 0 Å². The molecular formula is C23H32N4. The molecule has 5 heterocycles. The molecule has 0 amide bonds. The monoisotopic (exact) mass is 364 g/mol. The molecule has 4 heteroatoms. The zero-order chi connectivity index (χ0) is 18.4. The molecule has 4 saturated heterocycles. The van der Waals surface area contributed by atoms with E-state index >= 15 is 0 Å². The van der Waals surface area contributed by atoms with Crippen molar-refractivity contribution in [2.45, 2.75) is 57.8 Å². The lowest BCUT2D eigenvalue weighted by atomic mass is 9.75. The largest absolute Gasteiger partial charge is 0.333 e. The number of fused-ring (bicyclic) bond motifs is 2. The van der Waals surface area contributed by atoms with Crippen molar-refractivity contribution in [3.63, 3.8) is 0 Å². The summed E-state index contributed by atoms with van der Waals surface area (Å²) in [4.78, 5) is 10.1. The van der Waals surface area contributed by atoms with Gasteiger partial charge in [-0.1, -0.05) is 44.2 Å². The number of likely N-dealkylation sites (tertiary alicyclic amines) is 1. The molecule has 2 bridgehead atoms. The number of benzene rings is 1. The normalized spacial score (nSPS) is 32.9. The van der Waals surface area contributed by atoms with Crippen LogP contribution in [0.25, 0.3) is 0 Å². The first kappa shape index (κ1) is 17.4. The van der Waals surface area contributed by atoms with Gasteiger partial charge in [-0.3, -0.25) is 9.80 Å². The third kappa shape index (κ3) is 3.13. The number of rotatable bonds is 5. The second kappa shape index (κ2) is 7.06. The summed E-state index contributed by atoms with van der Waals surface area (Å²) in [5.41, 5.74) is 2.91. The maximum absolute atomic E-state index is 4.47. The van der Waals surface area contributed by atoms with Crippen LogP contribution < -0.4 is 0 Å². The summed E-state index contributed by atoms with van der Waals surface area (Å²) in [5, 5.41) is 0. The van der Waals surface area contributed by atoms with E-state index in [2.05, 4.69) is 69.7 Å². The van der Waals surface area contributed by atoms with Crippen LogP contribution in [0.3, 0.4) is 0 Å². The summed E-state index contributed by atoms with van der Waals surface area (Å²) < 4.78 is 2.37. The van der Waals surface area contributed by atoms with Crippen LogP contribution in [-0.4, -0.2) is 51.1 Å². The van der Waals surface area contributed by atoms with Gasteiger partial charge >= 0.3 is 0 Å². The van der Waals surface area contributed by atoms with Gasteiger partial charge in [0.2, 0.25) is 0 Å². The molecular weight excluding hydrogens is 332 g/mol. The molecule has 0 saturated carbocycles. The van der Waals surface area contributed by atoms with Crippen LogP contribution >= 0.6 is 0 Å². The van der Waals surface area contributed by atoms with E-state index in [-0.39, 0.29) is 0 Å². The Morgan fingerprint density at radius 1 is 1.07 bits per heavy atom. The van der Waals surface area contributed by atoms with Crippen molar-refractivity contribution in [1.29, 1.82) is 0 Å². The Kier molecular flexibility index (Phi) is 4.57. The van der Waals surface area contributed by atoms with Crippen molar-refractivity contribution in [3.8, 4) is 0 Å². The van der Waals surface area contributed by atoms with Gasteiger partial charge in [-0.25, -0.2) is 4.98 Å². The Morgan fingerprint density at radius 2 is 1.85 bits per heavy atom. The molecule has 0 aliphatic carbocycles. The van der Waals surface area contributed by atoms with Crippen LogP contribution in [0.2, 0.25) is 0 Å². The molecule has 0 spiro atoms. The van der Waals surface area contributed by atoms with E-state index in [4.69, 9.17) is 0 Å². The van der Waals surface area contributed by atoms with Crippen LogP contribution in [-0.2, 0) is 13.1 Å². The van der Waals surface area contributed by atoms with Crippen LogP contribution in [0.15, 0.2) is 42.9 Å². The minimum atomic E-state index is 0.640. The Morgan fingerprint density at radius 3 is 2.59 bits per heavy atom. The molecule has 1 aromatic heterocycles. The van der Waals surface area contributed by atoms with Crippen molar-refractivity contribution in [1.82, 2.24) is 19.4 Å². The van der Waals surface area contributed by atoms with Crippen molar-refractivity contribution in [2.75, 3.05) is 19.6 Å². The second-order valence-corrected chi connectivity index (χ2v) is 9.23. The molecule has 144 valence electrons. The van der Waals surface area contributed by atoms with Gasteiger partial charge in [-0.15, -0.1) is 0 Å². The molecule has 4 fully saturated rings. The first-order valence-corrected chi connectivity index (χ1v) is 10.7. The average Bonchev–Trinajstić information content (AvgIpc) is 3.29. The van der Waals surface area contributed by atoms with Crippen molar-refractivity contribution in [2.24, 2.45) is 11.8 Å². The molecule has 0 radical (unpaired) electrons. The van der Waals surface area contributed by atoms with E-state index in [0.717, 1.165) is 19.0 Å². The summed E-state index contributed by atoms with van der Waals surface area (Å²) in [6.07, 6.45) is 6.87. The van der Waals surface area contributed by atoms with Gasteiger partial charge in [-0.05, 0) is 43.3 Å². The topological polar surface area (TPSA) is 24.3 Å². The van der Waals surface area contributed by atoms with Crippen LogP contribution in [0.4, 0.5) is 0 Å². The Bertz CT molecular complexity index is 760. The standard InChI is InChI=1S/C23H32N4/c1-17(2)13-27-16-24-12-20(27)14-26-15-21(18-6-4-3-5-7-18)23-22(26)19-8-10-25(23)11-9-19/h3-7,12,16-17,19,21-23H,8-11,13-15H2,1-2H3/t21-,22+,23+/m1/s1. The van der Waals surface area contributed by atoms with Gasteiger partial charge in [-0.2, -0.15) is 0 Å². The smallest absolute Gasteiger partial charge is 0.0948 e. The minimum Gasteiger partial charge on any atom is -0.333 e. The molecule has 6 rings (SSSR count). The van der Waals surface area contributed by atoms with E-state index in [1.165, 1.54) is 43.7 Å². The SMILES string of the molecule is CC(C)Cn1cncc1CN1C[C@H](c2ccccc2)[C@H]2[C@@H]1C1CCN2CC1. The fraction of sp³-hybridized carbons (Fsp3) is 0.609. The second-order valence-electron chi connectivity index (χ2n) is 9.23. The van der Waals surface area contributed by atoms with Crippen LogP contribution in [0.5, 0.6) is 0 Å². The van der Waals surface area contributed by atoms with E-state index in [1.54, 1.807) is 0 Å². The van der Waals surface area contributed by atoms with Crippen LogP contribution in [0.1, 0.15) is 43.9 Å². The number of piperidine rings is 3. The van der Waals surface area contributed by atoms with Gasteiger partial charge in [0.05, 0.1) is 12.0 Å². The third-order valence-electron chi connectivity index (χ3n) is 7.05. The molecule has 4 aliphatic heterocycles. The quantitative estimate of drug-likeness (QED) is 0.810. The highest BCUT2D eigenvalue weighted by Gasteiger charge is 2.53. The first-order chi connectivity index (χ1) is 13.2. The van der Waals surface area contributed by atoms with Gasteiger partial charge in [0.25, 0.3) is 0 Å². The summed E-state index contributed by atoms with van der Waals surface area (Å²) in [7, 11) is 0. The predicted molar refractivity (Wildman–Crippen MR) is 109 cm³/mol. The number of aromatic nitrogens is 2. The average molecular weight is 365 g/mol. The summed E-state index contributed by atoms with van der Waals surface area (Å²) in [5.74, 6) is 2.16. The Hall–Kier alpha value is -1.65. The molecule has 1 aromatic carbocycles. The number of hydrogen-bond acceptors (Lipinski definition) is 3. The molecule has 0 N–H and O–H groups in total. The molecule has 3 atom stereocenters. The lowest BCUT2D eigenvalue weighted by Crippen LogP contribution is -2.60. The Labute approximate surface area is 163 Å². The number of nitrogens with zero attached hydrogens (tertiary/aromatic N) is 4. The molecule has 4 aliphatic rings. The Balaban J connectivity index is 1.44. The lowest BCUT2D eigenvalue weighted by molar-refractivity contribution is -0.00924. The zero-order valence-electron chi connectivity index (χ0n) is 16.7. The maximum Gasteiger partial charge on any atom is 0.0948 e. The van der Waals surface area contributed by atoms with E-state index in [1.807, 2.05) is 6.33 Å². The number of imidazole rings is 1. The van der Waals surface area contributed by atoms with Gasteiger partial charge in [0, 0.05) is 43.8 Å². The van der Waals surface area contributed by atoms with Gasteiger partial charge in [0.1, 0.15) is 0 Å². The maximum atomic E-state index is 4.47. The summed E-state index contributed by atoms with van der Waals surface area (Å²) >= 11 is 0. The van der Waals surface area contributed by atoms with Gasteiger partial charge < -0.3 is 4.57 Å². The van der Waals surface area contributed by atoms with Crippen molar-refractivity contribution in [3.05, 3.63) is 54.1 Å². The highest BCUT2D eigenvalue weighted by molar-refractivity contribution is 5.27. The van der Waals surface area contributed by atoms with Crippen LogP contribution in [0, 0.1) is 11.8 Å². The highest BCUT2D eigenvalue weighted by atomic mass is 15.3. The molecule has 2 aromatic rings. The van der Waals surface area contributed by atoms with E-state index in [0.29, 0.717) is 23.9 Å². The fourth-order valence-electron chi connectivity index (χ4n) is 5.96. The highest BCUT2D eigenvalue weighted by Crippen LogP contribution is 2.46. The number of hydrogen-bond donors (Lipinski definition) is 0. The summed E-state index contributed by atoms with van der Waals surface area (Å²) in [6, 6.07) is 12.7. The van der Waals surface area contributed by atoms with E-state index < -0.39 is 0 Å². The van der Waals surface area contributed by atoms with E-state index in [9.17, 15) is 0 Å². The zero-order valence-corrected chi connectivity index (χ0v) is 16.7. The predicted octanol–water partition coefficient (Wildman–Crippen LogP) is 3.60. The summed E-state index contributed by atoms with van der Waals surface area (Å²) in [6.45, 7) is 10.5. The fourth-order valence-corrected chi connectivity index (χ4v) is 5.96. The van der Waals surface area contributed by atoms with Crippen molar-refractivity contribution >= 4 is 0 Å². The molecule has 0 unspecified atom stereocenters. The first-order valence-electron chi connectivity index (χ1n) is 10.7. The minimum absolute atomic E-state index is 0.640. The lowest BCUT2D eigenvalue weighted by Gasteiger charge is -2.51. The van der Waals surface area contributed by atoms with Crippen molar-refractivity contribution < 1.29 is 0 Å². The molecule has 4 nitrogen and oxygen atoms in total. The molecule has 27 heavy (non-hydrogen) atoms. The third-order valence-corrected chi connectivity index (χ3v) is 7.05.